The number of amides is 2. The number of rotatable bonds is 7. The summed E-state index contributed by atoms with van der Waals surface area (Å²) in [6.07, 6.45) is -2.76. The van der Waals surface area contributed by atoms with Crippen LogP contribution in [0.1, 0.15) is 23.6 Å². The van der Waals surface area contributed by atoms with Gasteiger partial charge in [-0.25, -0.2) is 0 Å². The van der Waals surface area contributed by atoms with Gasteiger partial charge in [0.1, 0.15) is 0 Å². The lowest BCUT2D eigenvalue weighted by atomic mass is 9.94. The molecule has 0 aliphatic carbocycles. The Kier molecular flexibility index (Phi) is 5.93. The first-order valence-electron chi connectivity index (χ1n) is 11.3. The number of nitrogens with one attached hydrogen (secondary N) is 2. The molecule has 2 aromatic carbocycles. The number of hydrogen-bond donors (Lipinski definition) is 3. The third-order valence-electron chi connectivity index (χ3n) is 6.19. The van der Waals surface area contributed by atoms with Crippen molar-refractivity contribution in [2.75, 3.05) is 13.2 Å². The largest absolute Gasteiger partial charge is 0.417 e. The van der Waals surface area contributed by atoms with Crippen molar-refractivity contribution in [1.82, 2.24) is 14.9 Å². The summed E-state index contributed by atoms with van der Waals surface area (Å²) < 4.78 is 49.0. The van der Waals surface area contributed by atoms with Gasteiger partial charge in [0, 0.05) is 51.9 Å². The highest BCUT2D eigenvalue weighted by Gasteiger charge is 2.39. The maximum Gasteiger partial charge on any atom is 0.417 e. The Morgan fingerprint density at radius 1 is 1.03 bits per heavy atom. The Morgan fingerprint density at radius 3 is 2.47 bits per heavy atom. The molecule has 0 saturated heterocycles. The average Bonchev–Trinajstić information content (AvgIpc) is 3.50. The summed E-state index contributed by atoms with van der Waals surface area (Å²) in [5.74, 6) is -1.48. The quantitative estimate of drug-likeness (QED) is 0.335. The van der Waals surface area contributed by atoms with Crippen molar-refractivity contribution in [2.45, 2.75) is 25.7 Å². The van der Waals surface area contributed by atoms with Crippen LogP contribution in [0, 0.1) is 0 Å². The number of fused-ring (bicyclic) bond motifs is 2. The Labute approximate surface area is 203 Å². The minimum absolute atomic E-state index is 0.00722. The molecule has 1 aliphatic rings. The van der Waals surface area contributed by atoms with E-state index in [1.54, 1.807) is 37.4 Å². The van der Waals surface area contributed by atoms with Gasteiger partial charge >= 0.3 is 6.18 Å². The smallest absolute Gasteiger partial charge is 0.389 e. The summed E-state index contributed by atoms with van der Waals surface area (Å²) >= 11 is 0. The molecule has 1 atom stereocenters. The first-order chi connectivity index (χ1) is 17.2. The molecule has 2 aromatic heterocycles. The number of carbonyl (C=O) groups is 2. The first-order valence-corrected chi connectivity index (χ1v) is 11.3. The van der Waals surface area contributed by atoms with E-state index in [9.17, 15) is 27.9 Å². The second-order valence-corrected chi connectivity index (χ2v) is 8.49. The van der Waals surface area contributed by atoms with Crippen LogP contribution in [0.4, 0.5) is 13.2 Å². The van der Waals surface area contributed by atoms with Crippen LogP contribution in [-0.4, -0.2) is 45.8 Å². The fraction of sp³-hybridized carbons (Fsp3) is 0.231. The van der Waals surface area contributed by atoms with Gasteiger partial charge in [-0.15, -0.1) is 0 Å². The highest BCUT2D eigenvalue weighted by molar-refractivity contribution is 6.50. The van der Waals surface area contributed by atoms with E-state index in [1.807, 2.05) is 0 Å². The van der Waals surface area contributed by atoms with Crippen molar-refractivity contribution in [3.63, 3.8) is 0 Å². The van der Waals surface area contributed by atoms with Gasteiger partial charge in [0.25, 0.3) is 11.8 Å². The zero-order valence-corrected chi connectivity index (χ0v) is 19.1. The number of carbonyl (C=O) groups excluding carboxylic acids is 2. The van der Waals surface area contributed by atoms with Crippen molar-refractivity contribution < 1.29 is 32.6 Å². The van der Waals surface area contributed by atoms with E-state index < -0.39 is 29.7 Å². The van der Waals surface area contributed by atoms with E-state index in [4.69, 9.17) is 4.74 Å². The van der Waals surface area contributed by atoms with Gasteiger partial charge in [-0.2, -0.15) is 13.2 Å². The number of imide groups is 1. The van der Waals surface area contributed by atoms with E-state index in [0.717, 1.165) is 6.07 Å². The summed E-state index contributed by atoms with van der Waals surface area (Å²) in [6.45, 7) is 2.06. The molecule has 5 rings (SSSR count). The Morgan fingerprint density at radius 2 is 1.75 bits per heavy atom. The molecule has 7 nitrogen and oxygen atoms in total. The molecule has 0 spiro atoms. The van der Waals surface area contributed by atoms with Crippen LogP contribution < -0.4 is 5.32 Å². The van der Waals surface area contributed by atoms with Crippen molar-refractivity contribution in [1.29, 1.82) is 0 Å². The molecule has 0 bridgehead atoms. The lowest BCUT2D eigenvalue weighted by Gasteiger charge is -2.13. The fourth-order valence-corrected chi connectivity index (χ4v) is 4.71. The second-order valence-electron chi connectivity index (χ2n) is 8.49. The number of H-pyrrole nitrogens is 1. The number of aliphatic hydroxyl groups is 1. The van der Waals surface area contributed by atoms with Crippen LogP contribution in [0.3, 0.4) is 0 Å². The van der Waals surface area contributed by atoms with Crippen LogP contribution in [0.5, 0.6) is 0 Å². The van der Waals surface area contributed by atoms with Gasteiger partial charge in [-0.1, -0.05) is 24.3 Å². The molecule has 0 saturated carbocycles. The monoisotopic (exact) mass is 497 g/mol. The zero-order chi connectivity index (χ0) is 25.6. The summed E-state index contributed by atoms with van der Waals surface area (Å²) in [5, 5.41) is 13.1. The molecule has 36 heavy (non-hydrogen) atoms. The van der Waals surface area contributed by atoms with Crippen molar-refractivity contribution in [3.8, 4) is 0 Å². The third-order valence-corrected chi connectivity index (χ3v) is 6.19. The lowest BCUT2D eigenvalue weighted by molar-refractivity contribution is -0.136. The molecule has 3 heterocycles. The molecular weight excluding hydrogens is 475 g/mol. The SMILES string of the molecule is CCOCC(O)Cn1cc(C2=C(c3c[nH]c4ccccc34)C(=O)NC2=O)c2c(C(F)(F)F)cccc21. The van der Waals surface area contributed by atoms with Crippen LogP contribution in [0.2, 0.25) is 0 Å². The maximum absolute atomic E-state index is 14.1. The minimum atomic E-state index is -4.72. The maximum atomic E-state index is 14.1. The number of aromatic nitrogens is 2. The van der Waals surface area contributed by atoms with Crippen LogP contribution >= 0.6 is 0 Å². The fourth-order valence-electron chi connectivity index (χ4n) is 4.71. The molecule has 4 aromatic rings. The summed E-state index contributed by atoms with van der Waals surface area (Å²) in [4.78, 5) is 29.0. The van der Waals surface area contributed by atoms with Gasteiger partial charge in [0.2, 0.25) is 0 Å². The Balaban J connectivity index is 1.79. The van der Waals surface area contributed by atoms with Crippen LogP contribution in [0.15, 0.2) is 54.9 Å². The predicted molar refractivity (Wildman–Crippen MR) is 128 cm³/mol. The number of aliphatic hydroxyl groups excluding tert-OH is 1. The number of benzene rings is 2. The number of aromatic amines is 1. The number of nitrogens with zero attached hydrogens (tertiary/aromatic N) is 1. The Hall–Kier alpha value is -3.89. The van der Waals surface area contributed by atoms with Crippen molar-refractivity contribution >= 4 is 44.8 Å². The predicted octanol–water partition coefficient (Wildman–Crippen LogP) is 4.11. The topological polar surface area (TPSA) is 96.3 Å². The van der Waals surface area contributed by atoms with E-state index in [1.165, 1.54) is 22.9 Å². The summed E-state index contributed by atoms with van der Waals surface area (Å²) in [7, 11) is 0. The molecule has 186 valence electrons. The lowest BCUT2D eigenvalue weighted by Crippen LogP contribution is -2.22. The minimum Gasteiger partial charge on any atom is -0.389 e. The van der Waals surface area contributed by atoms with E-state index >= 15 is 0 Å². The molecular formula is C26H22F3N3O4. The van der Waals surface area contributed by atoms with Crippen LogP contribution in [0.25, 0.3) is 33.0 Å². The second kappa shape index (κ2) is 8.96. The number of alkyl halides is 3. The third kappa shape index (κ3) is 3.98. The number of halogens is 3. The summed E-state index contributed by atoms with van der Waals surface area (Å²) in [6, 6.07) is 10.8. The van der Waals surface area contributed by atoms with Crippen LogP contribution in [-0.2, 0) is 27.0 Å². The normalized spacial score (nSPS) is 15.4. The number of ether oxygens (including phenoxy) is 1. The summed E-state index contributed by atoms with van der Waals surface area (Å²) in [5.41, 5.74) is 0.159. The highest BCUT2D eigenvalue weighted by atomic mass is 19.4. The van der Waals surface area contributed by atoms with Crippen molar-refractivity contribution in [2.24, 2.45) is 0 Å². The van der Waals surface area contributed by atoms with E-state index in [0.29, 0.717) is 23.1 Å². The molecule has 0 radical (unpaired) electrons. The molecule has 1 aliphatic heterocycles. The standard InChI is InChI=1S/C26H22F3N3O4/c1-2-36-13-14(33)11-32-12-17(21-18(26(27,28)29)7-5-9-20(21)32)23-22(24(34)31-25(23)35)16-10-30-19-8-4-3-6-15(16)19/h3-10,12,14,30,33H,2,11,13H2,1H3,(H,31,34,35). The molecule has 0 fully saturated rings. The molecule has 10 heteroatoms. The number of para-hydroxylation sites is 1. The van der Waals surface area contributed by atoms with Crippen molar-refractivity contribution in [3.05, 3.63) is 71.5 Å². The van der Waals surface area contributed by atoms with Gasteiger partial charge in [-0.3, -0.25) is 14.9 Å². The Bertz CT molecular complexity index is 1530. The van der Waals surface area contributed by atoms with E-state index in [-0.39, 0.29) is 40.8 Å². The number of hydrogen-bond acceptors (Lipinski definition) is 4. The van der Waals surface area contributed by atoms with E-state index in [2.05, 4.69) is 10.3 Å². The van der Waals surface area contributed by atoms with Gasteiger partial charge in [0.05, 0.1) is 36.0 Å². The average molecular weight is 497 g/mol. The zero-order valence-electron chi connectivity index (χ0n) is 19.1. The highest BCUT2D eigenvalue weighted by Crippen LogP contribution is 2.43. The van der Waals surface area contributed by atoms with Gasteiger partial charge < -0.3 is 19.4 Å². The molecule has 3 N–H and O–H groups in total. The molecule has 2 amide bonds. The van der Waals surface area contributed by atoms with Gasteiger partial charge in [0.15, 0.2) is 0 Å². The molecule has 1 unspecified atom stereocenters. The van der Waals surface area contributed by atoms with Gasteiger partial charge in [-0.05, 0) is 25.1 Å². The first kappa shape index (κ1) is 23.8.